The summed E-state index contributed by atoms with van der Waals surface area (Å²) in [5.41, 5.74) is 0.686. The minimum atomic E-state index is 0.686. The van der Waals surface area contributed by atoms with Crippen LogP contribution in [0.3, 0.4) is 0 Å². The summed E-state index contributed by atoms with van der Waals surface area (Å²) in [6, 6.07) is 0.883. The molecule has 98 valence electrons. The molecule has 0 aromatic rings. The second-order valence-electron chi connectivity index (χ2n) is 7.31. The highest BCUT2D eigenvalue weighted by molar-refractivity contribution is 5.00. The van der Waals surface area contributed by atoms with Crippen molar-refractivity contribution < 1.29 is 0 Å². The van der Waals surface area contributed by atoms with E-state index in [0.29, 0.717) is 5.41 Å². The van der Waals surface area contributed by atoms with Crippen molar-refractivity contribution in [1.82, 2.24) is 5.32 Å². The third kappa shape index (κ3) is 2.28. The van der Waals surface area contributed by atoms with Crippen LogP contribution >= 0.6 is 0 Å². The highest BCUT2D eigenvalue weighted by Crippen LogP contribution is 2.51. The van der Waals surface area contributed by atoms with Crippen LogP contribution < -0.4 is 5.32 Å². The molecule has 0 atom stereocenters. The van der Waals surface area contributed by atoms with Gasteiger partial charge in [0.05, 0.1) is 0 Å². The molecular weight excluding hydrogens is 206 g/mol. The van der Waals surface area contributed by atoms with Crippen LogP contribution in [0.5, 0.6) is 0 Å². The van der Waals surface area contributed by atoms with Crippen molar-refractivity contribution in [2.75, 3.05) is 6.54 Å². The highest BCUT2D eigenvalue weighted by Gasteiger charge is 2.46. The fourth-order valence-electron chi connectivity index (χ4n) is 3.76. The van der Waals surface area contributed by atoms with E-state index in [2.05, 4.69) is 19.2 Å². The first kappa shape index (κ1) is 12.0. The van der Waals surface area contributed by atoms with Crippen LogP contribution in [-0.2, 0) is 0 Å². The van der Waals surface area contributed by atoms with Crippen LogP contribution in [0.25, 0.3) is 0 Å². The van der Waals surface area contributed by atoms with E-state index in [0.717, 1.165) is 23.8 Å². The van der Waals surface area contributed by atoms with Crippen molar-refractivity contribution in [2.45, 2.75) is 71.3 Å². The molecule has 0 aromatic carbocycles. The predicted octanol–water partition coefficient (Wildman–Crippen LogP) is 3.98. The van der Waals surface area contributed by atoms with Gasteiger partial charge in [0.25, 0.3) is 0 Å². The topological polar surface area (TPSA) is 12.0 Å². The molecule has 0 aromatic heterocycles. The Hall–Kier alpha value is -0.0400. The Kier molecular flexibility index (Phi) is 3.23. The Morgan fingerprint density at radius 2 is 1.53 bits per heavy atom. The van der Waals surface area contributed by atoms with Crippen molar-refractivity contribution in [2.24, 2.45) is 23.2 Å². The van der Waals surface area contributed by atoms with Crippen molar-refractivity contribution >= 4 is 0 Å². The average Bonchev–Trinajstić information content (AvgIpc) is 2.89. The maximum absolute atomic E-state index is 4.01. The molecule has 0 amide bonds. The van der Waals surface area contributed by atoms with Gasteiger partial charge in [0.15, 0.2) is 0 Å². The van der Waals surface area contributed by atoms with E-state index in [-0.39, 0.29) is 0 Å². The first-order valence-corrected chi connectivity index (χ1v) is 7.95. The fraction of sp³-hybridized carbons (Fsp3) is 1.00. The molecule has 0 saturated heterocycles. The Labute approximate surface area is 107 Å². The first-order valence-electron chi connectivity index (χ1n) is 7.95. The third-order valence-corrected chi connectivity index (χ3v) is 6.12. The monoisotopic (exact) mass is 235 g/mol. The summed E-state index contributed by atoms with van der Waals surface area (Å²) in [4.78, 5) is 0. The van der Waals surface area contributed by atoms with Gasteiger partial charge in [-0.3, -0.25) is 0 Å². The zero-order valence-electron chi connectivity index (χ0n) is 11.7. The van der Waals surface area contributed by atoms with Gasteiger partial charge >= 0.3 is 0 Å². The van der Waals surface area contributed by atoms with Crippen molar-refractivity contribution in [3.63, 3.8) is 0 Å². The Bertz CT molecular complexity index is 245. The van der Waals surface area contributed by atoms with E-state index in [1.165, 1.54) is 57.9 Å². The van der Waals surface area contributed by atoms with Crippen LogP contribution in [0.1, 0.15) is 65.2 Å². The summed E-state index contributed by atoms with van der Waals surface area (Å²) in [6.07, 6.45) is 11.9. The molecule has 3 aliphatic rings. The maximum Gasteiger partial charge on any atom is 0.0124 e. The summed E-state index contributed by atoms with van der Waals surface area (Å²) in [7, 11) is 0. The minimum absolute atomic E-state index is 0.686. The zero-order chi connectivity index (χ0) is 11.9. The van der Waals surface area contributed by atoms with Gasteiger partial charge in [0, 0.05) is 12.6 Å². The molecule has 3 saturated carbocycles. The van der Waals surface area contributed by atoms with E-state index in [1.807, 2.05) is 0 Å². The molecule has 1 N–H and O–H groups in total. The largest absolute Gasteiger partial charge is 0.313 e. The van der Waals surface area contributed by atoms with Gasteiger partial charge in [-0.15, -0.1) is 0 Å². The fourth-order valence-corrected chi connectivity index (χ4v) is 3.76. The Morgan fingerprint density at radius 3 is 1.82 bits per heavy atom. The number of rotatable bonds is 6. The second-order valence-corrected chi connectivity index (χ2v) is 7.31. The van der Waals surface area contributed by atoms with Crippen LogP contribution in [-0.4, -0.2) is 12.6 Å². The van der Waals surface area contributed by atoms with Crippen LogP contribution in [0.4, 0.5) is 0 Å². The predicted molar refractivity (Wildman–Crippen MR) is 73.0 cm³/mol. The Morgan fingerprint density at radius 1 is 1.00 bits per heavy atom. The lowest BCUT2D eigenvalue weighted by molar-refractivity contribution is 0.114. The van der Waals surface area contributed by atoms with Crippen molar-refractivity contribution in [3.05, 3.63) is 0 Å². The SMILES string of the molecule is CC(C)C1(CNC(C2CCC2)C2CCC2)CC1. The van der Waals surface area contributed by atoms with Gasteiger partial charge in [-0.1, -0.05) is 26.7 Å². The lowest BCUT2D eigenvalue weighted by Gasteiger charge is -2.44. The molecule has 0 unspecified atom stereocenters. The van der Waals surface area contributed by atoms with Crippen molar-refractivity contribution in [3.8, 4) is 0 Å². The summed E-state index contributed by atoms with van der Waals surface area (Å²) < 4.78 is 0. The molecule has 0 bridgehead atoms. The van der Waals surface area contributed by atoms with Gasteiger partial charge in [-0.2, -0.15) is 0 Å². The molecule has 3 aliphatic carbocycles. The van der Waals surface area contributed by atoms with E-state index in [4.69, 9.17) is 0 Å². The van der Waals surface area contributed by atoms with Gasteiger partial charge in [-0.05, 0) is 61.7 Å². The quantitative estimate of drug-likeness (QED) is 0.734. The summed E-state index contributed by atoms with van der Waals surface area (Å²) in [5, 5.41) is 4.01. The van der Waals surface area contributed by atoms with Gasteiger partial charge in [-0.25, -0.2) is 0 Å². The number of hydrogen-bond acceptors (Lipinski definition) is 1. The smallest absolute Gasteiger partial charge is 0.0124 e. The lowest BCUT2D eigenvalue weighted by Crippen LogP contribution is -2.49. The summed E-state index contributed by atoms with van der Waals surface area (Å²) in [6.45, 7) is 6.13. The van der Waals surface area contributed by atoms with Gasteiger partial charge in [0.2, 0.25) is 0 Å². The second kappa shape index (κ2) is 4.57. The first-order chi connectivity index (χ1) is 8.21. The molecule has 1 nitrogen and oxygen atoms in total. The van der Waals surface area contributed by atoms with Gasteiger partial charge in [0.1, 0.15) is 0 Å². The van der Waals surface area contributed by atoms with Crippen molar-refractivity contribution in [1.29, 1.82) is 0 Å². The van der Waals surface area contributed by atoms with Crippen LogP contribution in [0, 0.1) is 23.2 Å². The van der Waals surface area contributed by atoms with Crippen LogP contribution in [0.2, 0.25) is 0 Å². The van der Waals surface area contributed by atoms with E-state index < -0.39 is 0 Å². The molecule has 3 rings (SSSR count). The molecule has 1 heteroatoms. The molecular formula is C16H29N. The number of hydrogen-bond donors (Lipinski definition) is 1. The van der Waals surface area contributed by atoms with Crippen LogP contribution in [0.15, 0.2) is 0 Å². The highest BCUT2D eigenvalue weighted by atomic mass is 15.0. The third-order valence-electron chi connectivity index (χ3n) is 6.12. The standard InChI is InChI=1S/C16H29N/c1-12(2)16(9-10-16)11-17-15(13-5-3-6-13)14-7-4-8-14/h12-15,17H,3-11H2,1-2H3. The molecule has 0 heterocycles. The molecule has 0 radical (unpaired) electrons. The maximum atomic E-state index is 4.01. The summed E-state index contributed by atoms with van der Waals surface area (Å²) >= 11 is 0. The van der Waals surface area contributed by atoms with E-state index in [9.17, 15) is 0 Å². The average molecular weight is 235 g/mol. The normalized spacial score (nSPS) is 28.2. The zero-order valence-corrected chi connectivity index (χ0v) is 11.7. The lowest BCUT2D eigenvalue weighted by atomic mass is 9.68. The van der Waals surface area contributed by atoms with E-state index >= 15 is 0 Å². The Balaban J connectivity index is 1.53. The van der Waals surface area contributed by atoms with Gasteiger partial charge < -0.3 is 5.32 Å². The number of nitrogens with one attached hydrogen (secondary N) is 1. The molecule has 17 heavy (non-hydrogen) atoms. The molecule has 0 aliphatic heterocycles. The minimum Gasteiger partial charge on any atom is -0.313 e. The molecule has 3 fully saturated rings. The summed E-state index contributed by atoms with van der Waals surface area (Å²) in [5.74, 6) is 2.94. The van der Waals surface area contributed by atoms with E-state index in [1.54, 1.807) is 0 Å². The molecule has 0 spiro atoms.